The fraction of sp³-hybridized carbons (Fsp3) is 0.167. The van der Waals surface area contributed by atoms with Crippen molar-refractivity contribution in [1.29, 1.82) is 0 Å². The number of benzene rings is 3. The number of hydrogen-bond donors (Lipinski definition) is 3. The van der Waals surface area contributed by atoms with E-state index in [4.69, 9.17) is 14.2 Å². The van der Waals surface area contributed by atoms with Gasteiger partial charge in [-0.2, -0.15) is 0 Å². The van der Waals surface area contributed by atoms with Crippen molar-refractivity contribution in [1.82, 2.24) is 5.32 Å². The van der Waals surface area contributed by atoms with Crippen molar-refractivity contribution < 1.29 is 24.6 Å². The predicted molar refractivity (Wildman–Crippen MR) is 112 cm³/mol. The molecule has 0 spiro atoms. The number of para-hydroxylation sites is 1. The molecule has 3 aromatic carbocycles. The SMILES string of the molecule is COc1ccc(C2NC(c3ccc4c(c3)OCO4)=CC(c3ccccc3O)[NH2+]2)cc1. The van der Waals surface area contributed by atoms with E-state index in [9.17, 15) is 5.11 Å². The van der Waals surface area contributed by atoms with Gasteiger partial charge in [-0.3, -0.25) is 0 Å². The van der Waals surface area contributed by atoms with Crippen LogP contribution in [0.4, 0.5) is 0 Å². The first-order chi connectivity index (χ1) is 14.7. The van der Waals surface area contributed by atoms with Crippen LogP contribution in [0.2, 0.25) is 0 Å². The second-order valence-corrected chi connectivity index (χ2v) is 7.32. The summed E-state index contributed by atoms with van der Waals surface area (Å²) in [6.45, 7) is 0.244. The highest BCUT2D eigenvalue weighted by atomic mass is 16.7. The fourth-order valence-corrected chi connectivity index (χ4v) is 3.92. The molecule has 4 N–H and O–H groups in total. The Kier molecular flexibility index (Phi) is 4.69. The predicted octanol–water partition coefficient (Wildman–Crippen LogP) is 3.08. The topological polar surface area (TPSA) is 76.6 Å². The quantitative estimate of drug-likeness (QED) is 0.624. The Morgan fingerprint density at radius 3 is 2.60 bits per heavy atom. The van der Waals surface area contributed by atoms with Gasteiger partial charge in [0.25, 0.3) is 0 Å². The van der Waals surface area contributed by atoms with E-state index in [1.54, 1.807) is 13.2 Å². The van der Waals surface area contributed by atoms with Gasteiger partial charge in [0, 0.05) is 22.9 Å². The third-order valence-corrected chi connectivity index (χ3v) is 5.51. The lowest BCUT2D eigenvalue weighted by Gasteiger charge is -2.30. The van der Waals surface area contributed by atoms with Gasteiger partial charge in [0.05, 0.1) is 12.7 Å². The van der Waals surface area contributed by atoms with E-state index in [-0.39, 0.29) is 24.8 Å². The third-order valence-electron chi connectivity index (χ3n) is 5.51. The molecule has 0 bridgehead atoms. The second kappa shape index (κ2) is 7.65. The first kappa shape index (κ1) is 18.4. The summed E-state index contributed by atoms with van der Waals surface area (Å²) in [5.41, 5.74) is 3.97. The number of aromatic hydroxyl groups is 1. The zero-order chi connectivity index (χ0) is 20.5. The highest BCUT2D eigenvalue weighted by molar-refractivity contribution is 5.68. The molecule has 0 aromatic heterocycles. The van der Waals surface area contributed by atoms with Gasteiger partial charge < -0.3 is 30.0 Å². The molecule has 0 amide bonds. The maximum absolute atomic E-state index is 10.4. The minimum absolute atomic E-state index is 0.0362. The van der Waals surface area contributed by atoms with Crippen LogP contribution in [-0.2, 0) is 0 Å². The molecule has 0 saturated carbocycles. The molecule has 152 valence electrons. The summed E-state index contributed by atoms with van der Waals surface area (Å²) in [4.78, 5) is 0. The van der Waals surface area contributed by atoms with Gasteiger partial charge in [-0.15, -0.1) is 0 Å². The summed E-state index contributed by atoms with van der Waals surface area (Å²) in [5.74, 6) is 2.60. The van der Waals surface area contributed by atoms with E-state index in [1.807, 2.05) is 48.5 Å². The fourth-order valence-electron chi connectivity index (χ4n) is 3.92. The van der Waals surface area contributed by atoms with Gasteiger partial charge in [0.15, 0.2) is 17.7 Å². The van der Waals surface area contributed by atoms with Crippen molar-refractivity contribution in [3.63, 3.8) is 0 Å². The lowest BCUT2D eigenvalue weighted by molar-refractivity contribution is -0.731. The van der Waals surface area contributed by atoms with Crippen molar-refractivity contribution in [2.75, 3.05) is 13.9 Å². The average Bonchev–Trinajstić information content (AvgIpc) is 3.27. The van der Waals surface area contributed by atoms with Gasteiger partial charge in [0.2, 0.25) is 6.79 Å². The zero-order valence-electron chi connectivity index (χ0n) is 16.5. The highest BCUT2D eigenvalue weighted by Crippen LogP contribution is 2.36. The Morgan fingerprint density at radius 2 is 1.80 bits per heavy atom. The molecule has 2 unspecified atom stereocenters. The summed E-state index contributed by atoms with van der Waals surface area (Å²) in [7, 11) is 1.66. The molecule has 2 heterocycles. The van der Waals surface area contributed by atoms with E-state index >= 15 is 0 Å². The molecule has 3 aromatic rings. The van der Waals surface area contributed by atoms with Crippen LogP contribution < -0.4 is 24.8 Å². The molecule has 0 fully saturated rings. The van der Waals surface area contributed by atoms with Crippen molar-refractivity contribution in [3.8, 4) is 23.0 Å². The molecular formula is C24H23N2O4+. The number of methoxy groups -OCH3 is 1. The van der Waals surface area contributed by atoms with E-state index in [1.165, 1.54) is 0 Å². The van der Waals surface area contributed by atoms with Gasteiger partial charge in [-0.1, -0.05) is 12.1 Å². The molecule has 6 nitrogen and oxygen atoms in total. The molecule has 0 aliphatic carbocycles. The smallest absolute Gasteiger partial charge is 0.231 e. The number of phenolic OH excluding ortho intramolecular Hbond substituents is 1. The van der Waals surface area contributed by atoms with Gasteiger partial charge in [-0.05, 0) is 54.6 Å². The highest BCUT2D eigenvalue weighted by Gasteiger charge is 2.29. The number of hydrogen-bond acceptors (Lipinski definition) is 5. The number of quaternary nitrogens is 1. The minimum Gasteiger partial charge on any atom is -0.507 e. The first-order valence-electron chi connectivity index (χ1n) is 9.86. The number of nitrogens with two attached hydrogens (primary N) is 1. The van der Waals surface area contributed by atoms with Crippen LogP contribution in [-0.4, -0.2) is 19.0 Å². The third kappa shape index (κ3) is 3.42. The second-order valence-electron chi connectivity index (χ2n) is 7.32. The van der Waals surface area contributed by atoms with E-state index in [0.29, 0.717) is 0 Å². The van der Waals surface area contributed by atoms with Crippen molar-refractivity contribution >= 4 is 5.70 Å². The summed E-state index contributed by atoms with van der Waals surface area (Å²) in [5, 5.41) is 16.3. The van der Waals surface area contributed by atoms with Crippen molar-refractivity contribution in [2.24, 2.45) is 0 Å². The Balaban J connectivity index is 1.54. The normalized spacial score (nSPS) is 19.7. The number of fused-ring (bicyclic) bond motifs is 1. The summed E-state index contributed by atoms with van der Waals surface area (Å²) in [6.07, 6.45) is 2.10. The Labute approximate surface area is 174 Å². The Morgan fingerprint density at radius 1 is 1.00 bits per heavy atom. The summed E-state index contributed by atoms with van der Waals surface area (Å²) in [6, 6.07) is 21.4. The van der Waals surface area contributed by atoms with E-state index in [2.05, 4.69) is 28.8 Å². The number of nitrogens with one attached hydrogen (secondary N) is 1. The lowest BCUT2D eigenvalue weighted by atomic mass is 9.97. The monoisotopic (exact) mass is 403 g/mol. The maximum atomic E-state index is 10.4. The van der Waals surface area contributed by atoms with E-state index < -0.39 is 0 Å². The molecule has 2 aliphatic heterocycles. The number of phenols is 1. The van der Waals surface area contributed by atoms with Crippen LogP contribution in [0.25, 0.3) is 5.70 Å². The molecule has 0 radical (unpaired) electrons. The van der Waals surface area contributed by atoms with Gasteiger partial charge in [0.1, 0.15) is 17.5 Å². The number of ether oxygens (including phenoxy) is 3. The van der Waals surface area contributed by atoms with Gasteiger partial charge >= 0.3 is 0 Å². The van der Waals surface area contributed by atoms with Crippen molar-refractivity contribution in [2.45, 2.75) is 12.2 Å². The molecule has 5 rings (SSSR count). The van der Waals surface area contributed by atoms with Crippen LogP contribution >= 0.6 is 0 Å². The average molecular weight is 403 g/mol. The Hall–Kier alpha value is -3.64. The lowest BCUT2D eigenvalue weighted by Crippen LogP contribution is -2.89. The van der Waals surface area contributed by atoms with Crippen LogP contribution in [0.15, 0.2) is 72.8 Å². The molecule has 30 heavy (non-hydrogen) atoms. The molecule has 6 heteroatoms. The van der Waals surface area contributed by atoms with Crippen molar-refractivity contribution in [3.05, 3.63) is 89.5 Å². The van der Waals surface area contributed by atoms with Crippen LogP contribution in [0.5, 0.6) is 23.0 Å². The minimum atomic E-state index is -0.0556. The summed E-state index contributed by atoms with van der Waals surface area (Å²) >= 11 is 0. The standard InChI is InChI=1S/C24H22N2O4/c1-28-17-9-6-15(7-10-17)24-25-19(16-8-11-22-23(12-16)30-14-29-22)13-20(26-24)18-4-2-3-5-21(18)27/h2-13,20,24-27H,14H2,1H3/p+1. The molecule has 0 saturated heterocycles. The number of rotatable bonds is 4. The summed E-state index contributed by atoms with van der Waals surface area (Å²) < 4.78 is 16.3. The Bertz CT molecular complexity index is 1090. The van der Waals surface area contributed by atoms with Crippen LogP contribution in [0, 0.1) is 0 Å². The first-order valence-corrected chi connectivity index (χ1v) is 9.86. The van der Waals surface area contributed by atoms with Crippen LogP contribution in [0.3, 0.4) is 0 Å². The van der Waals surface area contributed by atoms with Gasteiger partial charge in [-0.25, -0.2) is 0 Å². The molecule has 2 aliphatic rings. The molecule has 2 atom stereocenters. The zero-order valence-corrected chi connectivity index (χ0v) is 16.5. The van der Waals surface area contributed by atoms with Crippen LogP contribution in [0.1, 0.15) is 28.9 Å². The largest absolute Gasteiger partial charge is 0.507 e. The molecular weight excluding hydrogens is 380 g/mol. The van der Waals surface area contributed by atoms with E-state index in [0.717, 1.165) is 39.6 Å². The maximum Gasteiger partial charge on any atom is 0.231 e.